The second-order valence-corrected chi connectivity index (χ2v) is 0.673. The van der Waals surface area contributed by atoms with Crippen molar-refractivity contribution in [3.8, 4) is 0 Å². The number of nitrogens with one attached hydrogen (secondary N) is 1. The van der Waals surface area contributed by atoms with Crippen molar-refractivity contribution in [1.29, 1.82) is 0 Å². The van der Waals surface area contributed by atoms with Gasteiger partial charge in [0.05, 0.1) is 0 Å². The number of carbonyl (C=O) groups excluding carboxylic acids is 1. The van der Waals surface area contributed by atoms with Gasteiger partial charge in [0, 0.05) is 14.0 Å². The Kier molecular flexibility index (Phi) is 1.57. The first-order valence-corrected chi connectivity index (χ1v) is 1.31. The summed E-state index contributed by atoms with van der Waals surface area (Å²) in [4.78, 5) is 9.59. The minimum atomic E-state index is -0.245. The Morgan fingerprint density at radius 1 is 2.00 bits per heavy atom. The van der Waals surface area contributed by atoms with Crippen LogP contribution in [0.25, 0.3) is 0 Å². The molecule has 2 heteroatoms. The molecule has 2 nitrogen and oxygen atoms in total. The van der Waals surface area contributed by atoms with E-state index in [9.17, 15) is 4.79 Å². The highest BCUT2D eigenvalue weighted by Crippen LogP contribution is 1.43. The fourth-order valence-electron chi connectivity index (χ4n) is 0. The first-order chi connectivity index (χ1) is 2.27. The smallest absolute Gasteiger partial charge is 0.220 e. The van der Waals surface area contributed by atoms with Gasteiger partial charge >= 0.3 is 0 Å². The summed E-state index contributed by atoms with van der Waals surface area (Å²) < 4.78 is 0. The molecule has 0 rings (SSSR count). The van der Waals surface area contributed by atoms with Gasteiger partial charge in [-0.2, -0.15) is 0 Å². The number of hydrogen-bond donors (Lipinski definition) is 1. The molecule has 1 radical (unpaired) electrons. The van der Waals surface area contributed by atoms with Crippen LogP contribution in [-0.2, 0) is 4.79 Å². The Morgan fingerprint density at radius 2 is 2.20 bits per heavy atom. The van der Waals surface area contributed by atoms with Gasteiger partial charge in [-0.05, 0) is 0 Å². The molecular formula is C3H6NO. The van der Waals surface area contributed by atoms with Crippen molar-refractivity contribution in [2.24, 2.45) is 0 Å². The summed E-state index contributed by atoms with van der Waals surface area (Å²) in [6, 6.07) is 0. The van der Waals surface area contributed by atoms with Gasteiger partial charge in [-0.1, -0.05) is 0 Å². The molecule has 0 aromatic rings. The number of amides is 1. The van der Waals surface area contributed by atoms with E-state index in [1.165, 1.54) is 7.05 Å². The van der Waals surface area contributed by atoms with Crippen LogP contribution in [0.4, 0.5) is 0 Å². The summed E-state index contributed by atoms with van der Waals surface area (Å²) >= 11 is 0. The summed E-state index contributed by atoms with van der Waals surface area (Å²) in [7, 11) is 1.54. The summed E-state index contributed by atoms with van der Waals surface area (Å²) in [5.74, 6) is -0.245. The topological polar surface area (TPSA) is 29.1 Å². The Hall–Kier alpha value is -0.530. The molecular weight excluding hydrogens is 66.0 g/mol. The van der Waals surface area contributed by atoms with Crippen LogP contribution in [0, 0.1) is 6.92 Å². The van der Waals surface area contributed by atoms with E-state index in [0.29, 0.717) is 0 Å². The second kappa shape index (κ2) is 1.76. The van der Waals surface area contributed by atoms with Crippen LogP contribution in [-0.4, -0.2) is 13.0 Å². The van der Waals surface area contributed by atoms with Gasteiger partial charge in [-0.3, -0.25) is 4.79 Å². The minimum Gasteiger partial charge on any atom is -0.359 e. The fraction of sp³-hybridized carbons (Fsp3) is 0.333. The molecule has 0 saturated heterocycles. The molecule has 29 valence electrons. The van der Waals surface area contributed by atoms with E-state index < -0.39 is 0 Å². The van der Waals surface area contributed by atoms with Crippen molar-refractivity contribution in [3.63, 3.8) is 0 Å². The monoisotopic (exact) mass is 72.0 g/mol. The van der Waals surface area contributed by atoms with Crippen molar-refractivity contribution in [2.75, 3.05) is 7.05 Å². The van der Waals surface area contributed by atoms with Gasteiger partial charge in [0.1, 0.15) is 0 Å². The second-order valence-electron chi connectivity index (χ2n) is 0.673. The van der Waals surface area contributed by atoms with Gasteiger partial charge in [0.25, 0.3) is 0 Å². The predicted octanol–water partition coefficient (Wildman–Crippen LogP) is -0.434. The van der Waals surface area contributed by atoms with E-state index in [1.54, 1.807) is 0 Å². The molecule has 0 atom stereocenters. The summed E-state index contributed by atoms with van der Waals surface area (Å²) in [6.07, 6.45) is 0. The van der Waals surface area contributed by atoms with E-state index >= 15 is 0 Å². The molecule has 0 spiro atoms. The van der Waals surface area contributed by atoms with Gasteiger partial charge in [0.2, 0.25) is 5.91 Å². The quantitative estimate of drug-likeness (QED) is 0.413. The van der Waals surface area contributed by atoms with Crippen LogP contribution < -0.4 is 5.32 Å². The average molecular weight is 72.1 g/mol. The minimum absolute atomic E-state index is 0.245. The zero-order chi connectivity index (χ0) is 4.28. The maximum absolute atomic E-state index is 9.59. The zero-order valence-electron chi connectivity index (χ0n) is 3.12. The number of carbonyl (C=O) groups is 1. The Bertz CT molecular complexity index is 42.2. The van der Waals surface area contributed by atoms with Crippen LogP contribution in [0.1, 0.15) is 0 Å². The molecule has 0 bridgehead atoms. The highest BCUT2D eigenvalue weighted by molar-refractivity contribution is 5.79. The van der Waals surface area contributed by atoms with Crippen LogP contribution in [0.2, 0.25) is 0 Å². The fourth-order valence-corrected chi connectivity index (χ4v) is 0. The number of hydrogen-bond acceptors (Lipinski definition) is 1. The third-order valence-electron chi connectivity index (χ3n) is 0.279. The third-order valence-corrected chi connectivity index (χ3v) is 0.279. The van der Waals surface area contributed by atoms with E-state index in [2.05, 4.69) is 12.2 Å². The van der Waals surface area contributed by atoms with E-state index in [-0.39, 0.29) is 5.91 Å². The molecule has 0 aromatic heterocycles. The third kappa shape index (κ3) is 3.47. The zero-order valence-corrected chi connectivity index (χ0v) is 3.12. The molecule has 5 heavy (non-hydrogen) atoms. The molecule has 1 amide bonds. The highest BCUT2D eigenvalue weighted by atomic mass is 16.1. The van der Waals surface area contributed by atoms with Crippen molar-refractivity contribution < 1.29 is 4.79 Å². The molecule has 0 aliphatic carbocycles. The summed E-state index contributed by atoms with van der Waals surface area (Å²) in [5.41, 5.74) is 0. The van der Waals surface area contributed by atoms with E-state index in [0.717, 1.165) is 0 Å². The molecule has 0 aliphatic rings. The van der Waals surface area contributed by atoms with Gasteiger partial charge in [0.15, 0.2) is 0 Å². The Morgan fingerprint density at radius 3 is 2.20 bits per heavy atom. The van der Waals surface area contributed by atoms with Gasteiger partial charge in [-0.15, -0.1) is 0 Å². The highest BCUT2D eigenvalue weighted by Gasteiger charge is 1.73. The van der Waals surface area contributed by atoms with Gasteiger partial charge in [-0.25, -0.2) is 0 Å². The lowest BCUT2D eigenvalue weighted by Gasteiger charge is -1.79. The lowest BCUT2D eigenvalue weighted by Crippen LogP contribution is -2.12. The standard InChI is InChI=1S/C3H6NO/c1-3(5)4-2/h1H2,2H3,(H,4,5). The first kappa shape index (κ1) is 4.47. The largest absolute Gasteiger partial charge is 0.359 e. The van der Waals surface area contributed by atoms with Crippen molar-refractivity contribution in [3.05, 3.63) is 6.92 Å². The molecule has 0 heterocycles. The van der Waals surface area contributed by atoms with E-state index in [4.69, 9.17) is 0 Å². The molecule has 1 N–H and O–H groups in total. The Labute approximate surface area is 31.2 Å². The summed E-state index contributed by atoms with van der Waals surface area (Å²) in [6.45, 7) is 3.01. The maximum atomic E-state index is 9.59. The van der Waals surface area contributed by atoms with Crippen LogP contribution in [0.5, 0.6) is 0 Å². The van der Waals surface area contributed by atoms with E-state index in [1.807, 2.05) is 0 Å². The Balaban J connectivity index is 2.85. The lowest BCUT2D eigenvalue weighted by atomic mass is 10.7. The molecule has 0 fully saturated rings. The molecule has 0 aliphatic heterocycles. The molecule has 0 unspecified atom stereocenters. The normalized spacial score (nSPS) is 6.80. The molecule has 0 aromatic carbocycles. The van der Waals surface area contributed by atoms with Crippen molar-refractivity contribution in [1.82, 2.24) is 5.32 Å². The van der Waals surface area contributed by atoms with Crippen LogP contribution in [0.3, 0.4) is 0 Å². The summed E-state index contributed by atoms with van der Waals surface area (Å²) in [5, 5.41) is 2.28. The van der Waals surface area contributed by atoms with Crippen molar-refractivity contribution in [2.45, 2.75) is 0 Å². The maximum Gasteiger partial charge on any atom is 0.220 e. The SMILES string of the molecule is [CH2]C(=O)NC. The van der Waals surface area contributed by atoms with Crippen molar-refractivity contribution >= 4 is 5.91 Å². The average Bonchev–Trinajstić information content (AvgIpc) is 1.38. The molecule has 0 saturated carbocycles. The first-order valence-electron chi connectivity index (χ1n) is 1.31. The van der Waals surface area contributed by atoms with Crippen LogP contribution in [0.15, 0.2) is 0 Å². The lowest BCUT2D eigenvalue weighted by molar-refractivity contribution is -0.116. The number of rotatable bonds is 0. The van der Waals surface area contributed by atoms with Crippen LogP contribution >= 0.6 is 0 Å². The predicted molar refractivity (Wildman–Crippen MR) is 19.4 cm³/mol. The van der Waals surface area contributed by atoms with Gasteiger partial charge < -0.3 is 5.32 Å².